The predicted molar refractivity (Wildman–Crippen MR) is 129 cm³/mol. The van der Waals surface area contributed by atoms with Crippen LogP contribution in [0.1, 0.15) is 32.4 Å². The Balaban J connectivity index is 1.79. The molecule has 3 rings (SSSR count). The van der Waals surface area contributed by atoms with Crippen LogP contribution in [-0.2, 0) is 9.59 Å². The zero-order chi connectivity index (χ0) is 24.5. The topological polar surface area (TPSA) is 85.0 Å². The molecule has 0 bridgehead atoms. The first-order valence-corrected chi connectivity index (χ1v) is 11.7. The van der Waals surface area contributed by atoms with Crippen molar-refractivity contribution in [2.75, 3.05) is 46.8 Å². The smallest absolute Gasteiger partial charge is 0.322 e. The zero-order valence-corrected chi connectivity index (χ0v) is 21.2. The van der Waals surface area contributed by atoms with Crippen LogP contribution in [0, 0.1) is 5.41 Å². The van der Waals surface area contributed by atoms with E-state index in [9.17, 15) is 14.4 Å². The van der Waals surface area contributed by atoms with Crippen LogP contribution in [0.25, 0.3) is 0 Å². The van der Waals surface area contributed by atoms with Crippen LogP contribution in [0.5, 0.6) is 0 Å². The maximum atomic E-state index is 13.4. The van der Waals surface area contributed by atoms with Gasteiger partial charge < -0.3 is 20.4 Å². The van der Waals surface area contributed by atoms with Gasteiger partial charge in [0.1, 0.15) is 6.54 Å². The van der Waals surface area contributed by atoms with Crippen molar-refractivity contribution in [2.24, 2.45) is 5.41 Å². The van der Waals surface area contributed by atoms with Crippen LogP contribution in [-0.4, -0.2) is 79.4 Å². The van der Waals surface area contributed by atoms with Crippen LogP contribution in [0.15, 0.2) is 29.5 Å². The van der Waals surface area contributed by atoms with Gasteiger partial charge in [0.05, 0.1) is 23.9 Å². The molecule has 0 saturated carbocycles. The van der Waals surface area contributed by atoms with E-state index in [0.717, 1.165) is 6.54 Å². The van der Waals surface area contributed by atoms with Crippen LogP contribution in [0.4, 0.5) is 4.79 Å². The highest BCUT2D eigenvalue weighted by Gasteiger charge is 2.44. The van der Waals surface area contributed by atoms with Crippen molar-refractivity contribution in [3.63, 3.8) is 0 Å². The molecule has 4 amide bonds. The molecular formula is C23H31Cl2N5O3. The number of carbonyl (C=O) groups excluding carboxylic acids is 3. The second kappa shape index (κ2) is 9.91. The number of halogens is 2. The Morgan fingerprint density at radius 3 is 2.58 bits per heavy atom. The van der Waals surface area contributed by atoms with Crippen molar-refractivity contribution in [1.29, 1.82) is 0 Å². The summed E-state index contributed by atoms with van der Waals surface area (Å²) in [6.45, 7) is 7.79. The molecule has 0 spiro atoms. The van der Waals surface area contributed by atoms with Gasteiger partial charge in [-0.3, -0.25) is 14.5 Å². The predicted octanol–water partition coefficient (Wildman–Crippen LogP) is 2.88. The summed E-state index contributed by atoms with van der Waals surface area (Å²) in [5.74, 6) is -0.527. The molecule has 180 valence electrons. The van der Waals surface area contributed by atoms with Crippen molar-refractivity contribution >= 4 is 41.0 Å². The molecule has 0 radical (unpaired) electrons. The lowest BCUT2D eigenvalue weighted by molar-refractivity contribution is -0.132. The van der Waals surface area contributed by atoms with Gasteiger partial charge in [0.15, 0.2) is 0 Å². The molecule has 1 aromatic carbocycles. The van der Waals surface area contributed by atoms with E-state index in [1.54, 1.807) is 18.2 Å². The molecule has 1 aromatic rings. The highest BCUT2D eigenvalue weighted by molar-refractivity contribution is 6.35. The fourth-order valence-corrected chi connectivity index (χ4v) is 4.98. The Bertz CT molecular complexity index is 992. The monoisotopic (exact) mass is 495 g/mol. The van der Waals surface area contributed by atoms with E-state index in [1.807, 2.05) is 21.0 Å². The molecule has 2 aliphatic heterocycles. The summed E-state index contributed by atoms with van der Waals surface area (Å²) in [6, 6.07) is 3.94. The molecule has 33 heavy (non-hydrogen) atoms. The number of benzene rings is 1. The van der Waals surface area contributed by atoms with Gasteiger partial charge in [0, 0.05) is 29.7 Å². The third kappa shape index (κ3) is 5.62. The fourth-order valence-electron chi connectivity index (χ4n) is 4.46. The number of nitrogens with one attached hydrogen (secondary N) is 2. The lowest BCUT2D eigenvalue weighted by Crippen LogP contribution is -2.47. The Hall–Kier alpha value is -2.29. The maximum Gasteiger partial charge on any atom is 0.322 e. The summed E-state index contributed by atoms with van der Waals surface area (Å²) in [7, 11) is 3.97. The van der Waals surface area contributed by atoms with Crippen LogP contribution >= 0.6 is 23.2 Å². The van der Waals surface area contributed by atoms with Gasteiger partial charge in [0.2, 0.25) is 5.91 Å². The highest BCUT2D eigenvalue weighted by Crippen LogP contribution is 2.39. The minimum absolute atomic E-state index is 0.0866. The SMILES string of the molecule is CCN1C(=O)NC(c2ccc(Cl)cc2Cl)C2=C1CN(CC(=O)NCC(C)(C)CN(C)C)C2=O. The summed E-state index contributed by atoms with van der Waals surface area (Å²) >= 11 is 12.4. The molecule has 0 aliphatic carbocycles. The minimum Gasteiger partial charge on any atom is -0.354 e. The van der Waals surface area contributed by atoms with Gasteiger partial charge in [0.25, 0.3) is 5.91 Å². The van der Waals surface area contributed by atoms with Gasteiger partial charge in [-0.15, -0.1) is 0 Å². The van der Waals surface area contributed by atoms with Gasteiger partial charge in [-0.2, -0.15) is 0 Å². The van der Waals surface area contributed by atoms with Crippen molar-refractivity contribution in [1.82, 2.24) is 25.3 Å². The van der Waals surface area contributed by atoms with Crippen LogP contribution < -0.4 is 10.6 Å². The molecule has 1 atom stereocenters. The van der Waals surface area contributed by atoms with E-state index in [0.29, 0.717) is 40.0 Å². The molecule has 2 N–H and O–H groups in total. The number of likely N-dealkylation sites (N-methyl/N-ethyl adjacent to an activating group) is 1. The van der Waals surface area contributed by atoms with Crippen molar-refractivity contribution in [3.05, 3.63) is 45.1 Å². The largest absolute Gasteiger partial charge is 0.354 e. The Kier molecular flexibility index (Phi) is 7.61. The number of amides is 4. The Labute approximate surface area is 204 Å². The zero-order valence-electron chi connectivity index (χ0n) is 19.7. The molecule has 10 heteroatoms. The molecule has 8 nitrogen and oxygen atoms in total. The third-order valence-electron chi connectivity index (χ3n) is 5.73. The second-order valence-electron chi connectivity index (χ2n) is 9.49. The minimum atomic E-state index is -0.709. The first kappa shape index (κ1) is 25.3. The lowest BCUT2D eigenvalue weighted by atomic mass is 9.93. The van der Waals surface area contributed by atoms with Crippen LogP contribution in [0.2, 0.25) is 10.0 Å². The summed E-state index contributed by atoms with van der Waals surface area (Å²) in [4.78, 5) is 43.9. The maximum absolute atomic E-state index is 13.4. The van der Waals surface area contributed by atoms with Crippen molar-refractivity contribution in [3.8, 4) is 0 Å². The number of hydrogen-bond acceptors (Lipinski definition) is 4. The number of hydrogen-bond donors (Lipinski definition) is 2. The molecular weight excluding hydrogens is 465 g/mol. The fraction of sp³-hybridized carbons (Fsp3) is 0.522. The van der Waals surface area contributed by atoms with Gasteiger partial charge in [-0.1, -0.05) is 43.1 Å². The summed E-state index contributed by atoms with van der Waals surface area (Å²) in [6.07, 6.45) is 0. The van der Waals surface area contributed by atoms with E-state index >= 15 is 0 Å². The Morgan fingerprint density at radius 2 is 1.97 bits per heavy atom. The van der Waals surface area contributed by atoms with E-state index < -0.39 is 6.04 Å². The number of carbonyl (C=O) groups is 3. The second-order valence-corrected chi connectivity index (χ2v) is 10.3. The lowest BCUT2D eigenvalue weighted by Gasteiger charge is -2.33. The quantitative estimate of drug-likeness (QED) is 0.580. The van der Waals surface area contributed by atoms with Gasteiger partial charge in [-0.05, 0) is 44.1 Å². The summed E-state index contributed by atoms with van der Waals surface area (Å²) < 4.78 is 0. The van der Waals surface area contributed by atoms with Crippen molar-refractivity contribution in [2.45, 2.75) is 26.8 Å². The third-order valence-corrected chi connectivity index (χ3v) is 6.29. The van der Waals surface area contributed by atoms with E-state index in [1.165, 1.54) is 9.80 Å². The molecule has 2 heterocycles. The van der Waals surface area contributed by atoms with Gasteiger partial charge in [-0.25, -0.2) is 4.79 Å². The molecule has 0 fully saturated rings. The highest BCUT2D eigenvalue weighted by atomic mass is 35.5. The van der Waals surface area contributed by atoms with E-state index in [2.05, 4.69) is 29.4 Å². The van der Waals surface area contributed by atoms with Gasteiger partial charge >= 0.3 is 6.03 Å². The van der Waals surface area contributed by atoms with Crippen molar-refractivity contribution < 1.29 is 14.4 Å². The summed E-state index contributed by atoms with van der Waals surface area (Å²) in [5.41, 5.74) is 1.50. The standard InChI is InChI=1S/C23H31Cl2N5O3/c1-6-30-17-10-29(11-18(31)26-12-23(2,3)13-28(4)5)21(32)19(17)20(27-22(30)33)15-8-7-14(24)9-16(15)25/h7-9,20H,6,10-13H2,1-5H3,(H,26,31)(H,27,33). The molecule has 0 saturated heterocycles. The number of rotatable bonds is 8. The number of nitrogens with zero attached hydrogens (tertiary/aromatic N) is 3. The average molecular weight is 496 g/mol. The first-order chi connectivity index (χ1) is 15.4. The Morgan fingerprint density at radius 1 is 1.27 bits per heavy atom. The van der Waals surface area contributed by atoms with E-state index in [-0.39, 0.29) is 36.3 Å². The normalized spacial score (nSPS) is 18.7. The molecule has 2 aliphatic rings. The number of urea groups is 1. The van der Waals surface area contributed by atoms with E-state index in [4.69, 9.17) is 23.2 Å². The first-order valence-electron chi connectivity index (χ1n) is 10.9. The summed E-state index contributed by atoms with van der Waals surface area (Å²) in [5, 5.41) is 6.64. The average Bonchev–Trinajstić information content (AvgIpc) is 3.01. The molecule has 1 unspecified atom stereocenters. The molecule has 0 aromatic heterocycles. The van der Waals surface area contributed by atoms with Crippen LogP contribution in [0.3, 0.4) is 0 Å².